The highest BCUT2D eigenvalue weighted by Crippen LogP contribution is 2.19. The molecule has 0 spiro atoms. The molecule has 0 fully saturated rings. The maximum absolute atomic E-state index is 11.4. The number of thioether (sulfide) groups is 1. The summed E-state index contributed by atoms with van der Waals surface area (Å²) < 4.78 is 22.8. The Morgan fingerprint density at radius 2 is 1.86 bits per heavy atom. The van der Waals surface area contributed by atoms with E-state index in [0.717, 1.165) is 22.2 Å². The second kappa shape index (κ2) is 9.97. The Hall–Kier alpha value is -0.920. The summed E-state index contributed by atoms with van der Waals surface area (Å²) >= 11 is 7.55. The van der Waals surface area contributed by atoms with Crippen LogP contribution in [0.5, 0.6) is 0 Å². The van der Waals surface area contributed by atoms with Crippen LogP contribution in [0, 0.1) is 0 Å². The molecule has 8 heteroatoms. The number of guanidine groups is 1. The molecule has 0 aliphatic rings. The number of sulfone groups is 1. The molecule has 0 atom stereocenters. The quantitative estimate of drug-likeness (QED) is 0.320. The van der Waals surface area contributed by atoms with Gasteiger partial charge in [0.2, 0.25) is 0 Å². The van der Waals surface area contributed by atoms with E-state index in [-0.39, 0.29) is 11.5 Å². The number of aliphatic imine (C=N–C) groups is 1. The maximum atomic E-state index is 11.4. The fourth-order valence-corrected chi connectivity index (χ4v) is 3.16. The van der Waals surface area contributed by atoms with Crippen molar-refractivity contribution in [3.8, 4) is 0 Å². The van der Waals surface area contributed by atoms with Gasteiger partial charge in [0.25, 0.3) is 0 Å². The molecule has 0 aromatic heterocycles. The number of benzene rings is 1. The highest BCUT2D eigenvalue weighted by atomic mass is 35.5. The van der Waals surface area contributed by atoms with Gasteiger partial charge in [0.1, 0.15) is 0 Å². The Morgan fingerprint density at radius 1 is 1.23 bits per heavy atom. The van der Waals surface area contributed by atoms with E-state index >= 15 is 0 Å². The van der Waals surface area contributed by atoms with Gasteiger partial charge in [-0.05, 0) is 24.3 Å². The van der Waals surface area contributed by atoms with E-state index in [9.17, 15) is 8.42 Å². The number of rotatable bonds is 8. The maximum Gasteiger partial charge on any atom is 0.191 e. The minimum absolute atomic E-state index is 0.115. The van der Waals surface area contributed by atoms with E-state index < -0.39 is 9.84 Å². The zero-order chi connectivity index (χ0) is 16.4. The van der Waals surface area contributed by atoms with Crippen molar-refractivity contribution >= 4 is 39.2 Å². The second-order valence-corrected chi connectivity index (χ2v) is 8.54. The fourth-order valence-electron chi connectivity index (χ4n) is 1.56. The van der Waals surface area contributed by atoms with Crippen molar-refractivity contribution in [3.05, 3.63) is 29.3 Å². The van der Waals surface area contributed by atoms with Gasteiger partial charge in [-0.25, -0.2) is 8.42 Å². The monoisotopic (exact) mass is 363 g/mol. The summed E-state index contributed by atoms with van der Waals surface area (Å²) in [6, 6.07) is 7.70. The van der Waals surface area contributed by atoms with Gasteiger partial charge in [0, 0.05) is 41.6 Å². The molecule has 0 heterocycles. The van der Waals surface area contributed by atoms with Gasteiger partial charge in [0.05, 0.1) is 5.75 Å². The van der Waals surface area contributed by atoms with Crippen LogP contribution >= 0.6 is 23.4 Å². The lowest BCUT2D eigenvalue weighted by molar-refractivity contribution is 0.596. The van der Waals surface area contributed by atoms with Gasteiger partial charge in [-0.2, -0.15) is 0 Å². The van der Waals surface area contributed by atoms with Crippen LogP contribution in [-0.2, 0) is 9.84 Å². The lowest BCUT2D eigenvalue weighted by Crippen LogP contribution is -2.40. The molecule has 0 aliphatic carbocycles. The topological polar surface area (TPSA) is 70.6 Å². The third-order valence-corrected chi connectivity index (χ3v) is 5.82. The van der Waals surface area contributed by atoms with Crippen molar-refractivity contribution in [1.29, 1.82) is 0 Å². The zero-order valence-electron chi connectivity index (χ0n) is 12.8. The number of halogens is 1. The molecule has 1 aromatic carbocycles. The zero-order valence-corrected chi connectivity index (χ0v) is 15.2. The Balaban J connectivity index is 2.23. The predicted octanol–water partition coefficient (Wildman–Crippen LogP) is 2.03. The van der Waals surface area contributed by atoms with E-state index in [4.69, 9.17) is 11.6 Å². The third kappa shape index (κ3) is 7.91. The third-order valence-electron chi connectivity index (χ3n) is 2.85. The van der Waals surface area contributed by atoms with Gasteiger partial charge in [-0.15, -0.1) is 11.8 Å². The molecular formula is C14H22ClN3O2S2. The summed E-state index contributed by atoms with van der Waals surface area (Å²) in [6.07, 6.45) is 0. The number of nitrogens with one attached hydrogen (secondary N) is 2. The van der Waals surface area contributed by atoms with Gasteiger partial charge >= 0.3 is 0 Å². The smallest absolute Gasteiger partial charge is 0.191 e. The van der Waals surface area contributed by atoms with Crippen LogP contribution in [0.4, 0.5) is 0 Å². The molecule has 0 bridgehead atoms. The number of hydrogen-bond acceptors (Lipinski definition) is 4. The van der Waals surface area contributed by atoms with Crippen LogP contribution in [0.15, 0.2) is 34.2 Å². The average molecular weight is 364 g/mol. The lowest BCUT2D eigenvalue weighted by atomic mass is 10.4. The number of hydrogen-bond donors (Lipinski definition) is 2. The van der Waals surface area contributed by atoms with Crippen LogP contribution < -0.4 is 10.6 Å². The van der Waals surface area contributed by atoms with Crippen molar-refractivity contribution in [2.75, 3.05) is 37.4 Å². The molecule has 124 valence electrons. The van der Waals surface area contributed by atoms with E-state index in [1.807, 2.05) is 24.3 Å². The summed E-state index contributed by atoms with van der Waals surface area (Å²) in [5, 5.41) is 6.88. The SMILES string of the molecule is CCS(=O)(=O)CCNC(=NC)NCCSc1ccc(Cl)cc1. The molecule has 0 unspecified atom stereocenters. The highest BCUT2D eigenvalue weighted by molar-refractivity contribution is 7.99. The first kappa shape index (κ1) is 19.1. The normalized spacial score (nSPS) is 12.2. The van der Waals surface area contributed by atoms with Crippen molar-refractivity contribution in [2.45, 2.75) is 11.8 Å². The molecule has 22 heavy (non-hydrogen) atoms. The van der Waals surface area contributed by atoms with Crippen molar-refractivity contribution < 1.29 is 8.42 Å². The van der Waals surface area contributed by atoms with E-state index in [2.05, 4.69) is 15.6 Å². The van der Waals surface area contributed by atoms with Crippen LogP contribution in [0.3, 0.4) is 0 Å². The molecule has 1 aromatic rings. The molecule has 0 saturated heterocycles. The fraction of sp³-hybridized carbons (Fsp3) is 0.500. The first-order valence-corrected chi connectivity index (χ1v) is 10.2. The Bertz CT molecular complexity index is 574. The average Bonchev–Trinajstić information content (AvgIpc) is 2.51. The van der Waals surface area contributed by atoms with E-state index in [0.29, 0.717) is 12.5 Å². The Morgan fingerprint density at radius 3 is 2.45 bits per heavy atom. The van der Waals surface area contributed by atoms with Crippen molar-refractivity contribution in [1.82, 2.24) is 10.6 Å². The van der Waals surface area contributed by atoms with Gasteiger partial charge < -0.3 is 10.6 Å². The molecular weight excluding hydrogens is 342 g/mol. The minimum Gasteiger partial charge on any atom is -0.356 e. The summed E-state index contributed by atoms with van der Waals surface area (Å²) in [5.74, 6) is 1.76. The lowest BCUT2D eigenvalue weighted by Gasteiger charge is -2.11. The van der Waals surface area contributed by atoms with Crippen LogP contribution in [0.1, 0.15) is 6.92 Å². The van der Waals surface area contributed by atoms with Crippen molar-refractivity contribution in [3.63, 3.8) is 0 Å². The minimum atomic E-state index is -2.95. The van der Waals surface area contributed by atoms with Gasteiger partial charge in [-0.1, -0.05) is 18.5 Å². The molecule has 0 saturated carbocycles. The van der Waals surface area contributed by atoms with Crippen LogP contribution in [-0.4, -0.2) is 51.8 Å². The number of nitrogens with zero attached hydrogens (tertiary/aromatic N) is 1. The molecule has 1 rings (SSSR count). The summed E-state index contributed by atoms with van der Waals surface area (Å²) in [6.45, 7) is 2.74. The molecule has 5 nitrogen and oxygen atoms in total. The van der Waals surface area contributed by atoms with Gasteiger partial charge in [0.15, 0.2) is 15.8 Å². The molecule has 0 amide bonds. The predicted molar refractivity (Wildman–Crippen MR) is 95.9 cm³/mol. The Labute approximate surface area is 141 Å². The van der Waals surface area contributed by atoms with Crippen LogP contribution in [0.25, 0.3) is 0 Å². The summed E-state index contributed by atoms with van der Waals surface area (Å²) in [7, 11) is -1.29. The van der Waals surface area contributed by atoms with E-state index in [1.165, 1.54) is 0 Å². The molecule has 0 aliphatic heterocycles. The summed E-state index contributed by atoms with van der Waals surface area (Å²) in [4.78, 5) is 5.22. The van der Waals surface area contributed by atoms with Crippen molar-refractivity contribution in [2.24, 2.45) is 4.99 Å². The van der Waals surface area contributed by atoms with E-state index in [1.54, 1.807) is 25.7 Å². The first-order valence-electron chi connectivity index (χ1n) is 7.00. The highest BCUT2D eigenvalue weighted by Gasteiger charge is 2.07. The molecule has 0 radical (unpaired) electrons. The Kier molecular flexibility index (Phi) is 8.67. The summed E-state index contributed by atoms with van der Waals surface area (Å²) in [5.41, 5.74) is 0. The first-order chi connectivity index (χ1) is 10.5. The largest absolute Gasteiger partial charge is 0.356 e. The molecule has 2 N–H and O–H groups in total. The van der Waals surface area contributed by atoms with Gasteiger partial charge in [-0.3, -0.25) is 4.99 Å². The second-order valence-electron chi connectivity index (χ2n) is 4.46. The standard InChI is InChI=1S/C14H22ClN3O2S2/c1-3-22(19,20)11-9-18-14(16-2)17-8-10-21-13-6-4-12(15)5-7-13/h4-7H,3,8-11H2,1-2H3,(H2,16,17,18). The van der Waals surface area contributed by atoms with Crippen LogP contribution in [0.2, 0.25) is 5.02 Å².